The van der Waals surface area contributed by atoms with Gasteiger partial charge in [0.05, 0.1) is 6.54 Å². The molecule has 0 heterocycles. The molecule has 0 bridgehead atoms. The van der Waals surface area contributed by atoms with Gasteiger partial charge in [0.25, 0.3) is 0 Å². The highest BCUT2D eigenvalue weighted by molar-refractivity contribution is 5.77. The van der Waals surface area contributed by atoms with Crippen LogP contribution in [0, 0.1) is 17.2 Å². The molecule has 0 unspecified atom stereocenters. The molecule has 0 atom stereocenters. The van der Waals surface area contributed by atoms with Gasteiger partial charge < -0.3 is 15.4 Å². The van der Waals surface area contributed by atoms with Crippen molar-refractivity contribution in [2.24, 2.45) is 5.92 Å². The fourth-order valence-corrected chi connectivity index (χ4v) is 1.56. The van der Waals surface area contributed by atoms with Gasteiger partial charge in [-0.2, -0.15) is 5.26 Å². The minimum atomic E-state index is -0.00409. The van der Waals surface area contributed by atoms with Crippen molar-refractivity contribution in [1.82, 2.24) is 10.6 Å². The lowest BCUT2D eigenvalue weighted by Gasteiger charge is -2.09. The molecule has 0 radical (unpaired) electrons. The SMILES string of the molecule is CC(C)CNC(=O)CNCc1cccc(OCC#N)c1. The fourth-order valence-electron chi connectivity index (χ4n) is 1.56. The number of benzene rings is 1. The minimum absolute atomic E-state index is 0.00409. The topological polar surface area (TPSA) is 74.2 Å². The van der Waals surface area contributed by atoms with Crippen molar-refractivity contribution in [2.45, 2.75) is 20.4 Å². The van der Waals surface area contributed by atoms with Crippen LogP contribution in [0.1, 0.15) is 19.4 Å². The van der Waals surface area contributed by atoms with Gasteiger partial charge in [-0.15, -0.1) is 0 Å². The predicted octanol–water partition coefficient (Wildman–Crippen LogP) is 1.45. The van der Waals surface area contributed by atoms with Crippen molar-refractivity contribution in [2.75, 3.05) is 19.7 Å². The number of hydrogen-bond acceptors (Lipinski definition) is 4. The van der Waals surface area contributed by atoms with Gasteiger partial charge in [-0.1, -0.05) is 26.0 Å². The summed E-state index contributed by atoms with van der Waals surface area (Å²) in [7, 11) is 0. The van der Waals surface area contributed by atoms with E-state index < -0.39 is 0 Å². The molecule has 1 amide bonds. The number of rotatable bonds is 8. The monoisotopic (exact) mass is 275 g/mol. The number of hydrogen-bond donors (Lipinski definition) is 2. The first kappa shape index (κ1) is 16.0. The van der Waals surface area contributed by atoms with Crippen molar-refractivity contribution in [1.29, 1.82) is 5.26 Å². The van der Waals surface area contributed by atoms with E-state index in [0.717, 1.165) is 5.56 Å². The first-order valence-electron chi connectivity index (χ1n) is 6.68. The Balaban J connectivity index is 2.31. The predicted molar refractivity (Wildman–Crippen MR) is 77.1 cm³/mol. The number of nitrogens with zero attached hydrogens (tertiary/aromatic N) is 1. The Labute approximate surface area is 119 Å². The standard InChI is InChI=1S/C15H21N3O2/c1-12(2)9-18-15(19)11-17-10-13-4-3-5-14(8-13)20-7-6-16/h3-5,8,12,17H,7,9-11H2,1-2H3,(H,18,19). The van der Waals surface area contributed by atoms with Crippen LogP contribution < -0.4 is 15.4 Å². The Kier molecular flexibility index (Phi) is 7.15. The number of carbonyl (C=O) groups is 1. The third kappa shape index (κ3) is 6.76. The Morgan fingerprint density at radius 1 is 1.45 bits per heavy atom. The summed E-state index contributed by atoms with van der Waals surface area (Å²) in [5, 5.41) is 14.4. The van der Waals surface area contributed by atoms with E-state index in [-0.39, 0.29) is 19.1 Å². The second kappa shape index (κ2) is 8.94. The van der Waals surface area contributed by atoms with Gasteiger partial charge in [0, 0.05) is 13.1 Å². The molecule has 5 nitrogen and oxygen atoms in total. The summed E-state index contributed by atoms with van der Waals surface area (Å²) in [6.45, 7) is 5.71. The molecule has 0 spiro atoms. The van der Waals surface area contributed by atoms with Crippen molar-refractivity contribution < 1.29 is 9.53 Å². The highest BCUT2D eigenvalue weighted by Gasteiger charge is 2.02. The molecule has 5 heteroatoms. The highest BCUT2D eigenvalue weighted by Crippen LogP contribution is 2.12. The Hall–Kier alpha value is -2.06. The lowest BCUT2D eigenvalue weighted by Crippen LogP contribution is -2.35. The van der Waals surface area contributed by atoms with E-state index in [9.17, 15) is 4.79 Å². The maximum atomic E-state index is 11.5. The van der Waals surface area contributed by atoms with Crippen LogP contribution in [0.5, 0.6) is 5.75 Å². The third-order valence-corrected chi connectivity index (χ3v) is 2.52. The minimum Gasteiger partial charge on any atom is -0.479 e. The molecule has 0 aliphatic rings. The van der Waals surface area contributed by atoms with E-state index in [1.165, 1.54) is 0 Å². The highest BCUT2D eigenvalue weighted by atomic mass is 16.5. The summed E-state index contributed by atoms with van der Waals surface area (Å²) in [4.78, 5) is 11.5. The summed E-state index contributed by atoms with van der Waals surface area (Å²) in [5.74, 6) is 1.11. The second-order valence-corrected chi connectivity index (χ2v) is 4.90. The molecule has 0 aromatic heterocycles. The average molecular weight is 275 g/mol. The van der Waals surface area contributed by atoms with Crippen molar-refractivity contribution in [3.05, 3.63) is 29.8 Å². The molecule has 20 heavy (non-hydrogen) atoms. The third-order valence-electron chi connectivity index (χ3n) is 2.52. The normalized spacial score (nSPS) is 10.1. The maximum Gasteiger partial charge on any atom is 0.233 e. The van der Waals surface area contributed by atoms with Gasteiger partial charge in [0.15, 0.2) is 6.61 Å². The zero-order valence-corrected chi connectivity index (χ0v) is 12.0. The van der Waals surface area contributed by atoms with Crippen LogP contribution in [0.3, 0.4) is 0 Å². The first-order chi connectivity index (χ1) is 9.61. The van der Waals surface area contributed by atoms with Gasteiger partial charge >= 0.3 is 0 Å². The van der Waals surface area contributed by atoms with Crippen LogP contribution in [0.2, 0.25) is 0 Å². The van der Waals surface area contributed by atoms with E-state index >= 15 is 0 Å². The van der Waals surface area contributed by atoms with E-state index in [2.05, 4.69) is 24.5 Å². The molecule has 0 saturated heterocycles. The van der Waals surface area contributed by atoms with Crippen LogP contribution in [0.25, 0.3) is 0 Å². The molecular weight excluding hydrogens is 254 g/mol. The van der Waals surface area contributed by atoms with E-state index in [1.807, 2.05) is 24.3 Å². The van der Waals surface area contributed by atoms with E-state index in [4.69, 9.17) is 10.00 Å². The van der Waals surface area contributed by atoms with Crippen LogP contribution in [0.4, 0.5) is 0 Å². The average Bonchev–Trinajstić information content (AvgIpc) is 2.43. The Bertz CT molecular complexity index is 466. The molecule has 0 fully saturated rings. The number of ether oxygens (including phenoxy) is 1. The summed E-state index contributed by atoms with van der Waals surface area (Å²) >= 11 is 0. The number of nitriles is 1. The zero-order valence-electron chi connectivity index (χ0n) is 12.0. The largest absolute Gasteiger partial charge is 0.479 e. The molecule has 1 aromatic carbocycles. The number of amides is 1. The summed E-state index contributed by atoms with van der Waals surface area (Å²) in [6.07, 6.45) is 0. The molecule has 2 N–H and O–H groups in total. The Morgan fingerprint density at radius 2 is 2.25 bits per heavy atom. The molecule has 0 aliphatic carbocycles. The lowest BCUT2D eigenvalue weighted by molar-refractivity contribution is -0.120. The van der Waals surface area contributed by atoms with Gasteiger partial charge in [0.2, 0.25) is 5.91 Å². The molecule has 108 valence electrons. The zero-order chi connectivity index (χ0) is 14.8. The van der Waals surface area contributed by atoms with E-state index in [0.29, 0.717) is 24.8 Å². The maximum absolute atomic E-state index is 11.5. The first-order valence-corrected chi connectivity index (χ1v) is 6.68. The second-order valence-electron chi connectivity index (χ2n) is 4.90. The van der Waals surface area contributed by atoms with Crippen LogP contribution in [-0.4, -0.2) is 25.6 Å². The van der Waals surface area contributed by atoms with Gasteiger partial charge in [0.1, 0.15) is 11.8 Å². The summed E-state index contributed by atoms with van der Waals surface area (Å²) in [5.41, 5.74) is 1.01. The molecular formula is C15H21N3O2. The van der Waals surface area contributed by atoms with Crippen molar-refractivity contribution >= 4 is 5.91 Å². The number of nitrogens with one attached hydrogen (secondary N) is 2. The van der Waals surface area contributed by atoms with Crippen LogP contribution >= 0.6 is 0 Å². The summed E-state index contributed by atoms with van der Waals surface area (Å²) < 4.78 is 5.22. The van der Waals surface area contributed by atoms with Crippen molar-refractivity contribution in [3.63, 3.8) is 0 Å². The molecule has 0 aliphatic heterocycles. The molecule has 1 aromatic rings. The van der Waals surface area contributed by atoms with Gasteiger partial charge in [-0.3, -0.25) is 4.79 Å². The van der Waals surface area contributed by atoms with Crippen molar-refractivity contribution in [3.8, 4) is 11.8 Å². The quantitative estimate of drug-likeness (QED) is 0.753. The fraction of sp³-hybridized carbons (Fsp3) is 0.467. The summed E-state index contributed by atoms with van der Waals surface area (Å²) in [6, 6.07) is 9.39. The Morgan fingerprint density at radius 3 is 2.95 bits per heavy atom. The van der Waals surface area contributed by atoms with Crippen LogP contribution in [0.15, 0.2) is 24.3 Å². The van der Waals surface area contributed by atoms with Crippen LogP contribution in [-0.2, 0) is 11.3 Å². The smallest absolute Gasteiger partial charge is 0.233 e. The number of carbonyl (C=O) groups excluding carboxylic acids is 1. The lowest BCUT2D eigenvalue weighted by atomic mass is 10.2. The van der Waals surface area contributed by atoms with E-state index in [1.54, 1.807) is 6.07 Å². The molecule has 1 rings (SSSR count). The molecule has 0 saturated carbocycles. The van der Waals surface area contributed by atoms with Gasteiger partial charge in [-0.25, -0.2) is 0 Å². The van der Waals surface area contributed by atoms with Gasteiger partial charge in [-0.05, 0) is 23.6 Å².